The van der Waals surface area contributed by atoms with Crippen molar-refractivity contribution in [3.05, 3.63) is 28.2 Å². The molecule has 1 aliphatic rings. The maximum atomic E-state index is 12.1. The summed E-state index contributed by atoms with van der Waals surface area (Å²) >= 11 is 3.42. The van der Waals surface area contributed by atoms with Crippen molar-refractivity contribution in [2.24, 2.45) is 11.7 Å². The highest BCUT2D eigenvalue weighted by atomic mass is 79.9. The molecule has 1 fully saturated rings. The van der Waals surface area contributed by atoms with E-state index in [1.807, 2.05) is 25.1 Å². The van der Waals surface area contributed by atoms with Gasteiger partial charge in [0, 0.05) is 29.3 Å². The minimum atomic E-state index is 0.0247. The highest BCUT2D eigenvalue weighted by Crippen LogP contribution is 2.20. The lowest BCUT2D eigenvalue weighted by Crippen LogP contribution is -2.48. The molecule has 1 saturated heterocycles. The lowest BCUT2D eigenvalue weighted by Gasteiger charge is -2.34. The summed E-state index contributed by atoms with van der Waals surface area (Å²) in [6.07, 6.45) is 1.05. The summed E-state index contributed by atoms with van der Waals surface area (Å²) in [5.74, 6) is 0.581. The Morgan fingerprint density at radius 3 is 2.90 bits per heavy atom. The predicted octanol–water partition coefficient (Wildman–Crippen LogP) is 2.37. The maximum absolute atomic E-state index is 12.1. The van der Waals surface area contributed by atoms with Crippen LogP contribution in [-0.2, 0) is 4.79 Å². The molecule has 1 aromatic carbocycles. The molecule has 5 heteroatoms. The Morgan fingerprint density at radius 2 is 2.25 bits per heavy atom. The number of halogens is 1. The quantitative estimate of drug-likeness (QED) is 0.888. The van der Waals surface area contributed by atoms with E-state index in [-0.39, 0.29) is 11.9 Å². The second-order valence-electron chi connectivity index (χ2n) is 5.80. The Hall–Kier alpha value is -0.910. The summed E-state index contributed by atoms with van der Waals surface area (Å²) in [7, 11) is 0. The molecule has 0 spiro atoms. The third kappa shape index (κ3) is 4.30. The lowest BCUT2D eigenvalue weighted by molar-refractivity contribution is -0.117. The Kier molecular flexibility index (Phi) is 5.18. The number of aryl methyl sites for hydroxylation is 1. The molecule has 110 valence electrons. The van der Waals surface area contributed by atoms with E-state index in [9.17, 15) is 4.79 Å². The van der Waals surface area contributed by atoms with Crippen molar-refractivity contribution in [3.8, 4) is 0 Å². The highest BCUT2D eigenvalue weighted by molar-refractivity contribution is 9.10. The van der Waals surface area contributed by atoms with Gasteiger partial charge in [0.25, 0.3) is 0 Å². The number of nitrogens with zero attached hydrogens (tertiary/aromatic N) is 1. The van der Waals surface area contributed by atoms with Crippen LogP contribution >= 0.6 is 15.9 Å². The molecule has 0 aliphatic carbocycles. The number of amides is 1. The fourth-order valence-corrected chi connectivity index (χ4v) is 3.28. The van der Waals surface area contributed by atoms with Crippen LogP contribution in [0.4, 0.5) is 5.69 Å². The lowest BCUT2D eigenvalue weighted by atomic mass is 9.97. The summed E-state index contributed by atoms with van der Waals surface area (Å²) in [6, 6.07) is 6.03. The van der Waals surface area contributed by atoms with Gasteiger partial charge in [0.1, 0.15) is 0 Å². The Balaban J connectivity index is 1.92. The fourth-order valence-electron chi connectivity index (χ4n) is 2.80. The Morgan fingerprint density at radius 1 is 1.50 bits per heavy atom. The smallest absolute Gasteiger partial charge is 0.238 e. The van der Waals surface area contributed by atoms with Gasteiger partial charge in [-0.3, -0.25) is 9.69 Å². The van der Waals surface area contributed by atoms with Gasteiger partial charge in [-0.2, -0.15) is 0 Å². The minimum absolute atomic E-state index is 0.0247. The van der Waals surface area contributed by atoms with E-state index in [4.69, 9.17) is 5.73 Å². The van der Waals surface area contributed by atoms with Crippen LogP contribution < -0.4 is 11.1 Å². The molecule has 1 heterocycles. The van der Waals surface area contributed by atoms with Crippen LogP contribution in [0, 0.1) is 12.8 Å². The summed E-state index contributed by atoms with van der Waals surface area (Å²) in [4.78, 5) is 14.3. The number of rotatable bonds is 3. The number of hydrogen-bond donors (Lipinski definition) is 2. The van der Waals surface area contributed by atoms with Crippen molar-refractivity contribution in [1.82, 2.24) is 4.90 Å². The molecule has 0 radical (unpaired) electrons. The summed E-state index contributed by atoms with van der Waals surface area (Å²) in [6.45, 7) is 6.33. The van der Waals surface area contributed by atoms with Crippen LogP contribution in [0.1, 0.15) is 18.9 Å². The van der Waals surface area contributed by atoms with E-state index in [1.165, 1.54) is 0 Å². The van der Waals surface area contributed by atoms with Gasteiger partial charge in [0.2, 0.25) is 5.91 Å². The molecule has 1 aliphatic heterocycles. The molecule has 1 amide bonds. The summed E-state index contributed by atoms with van der Waals surface area (Å²) in [5, 5.41) is 2.97. The SMILES string of the molecule is Cc1cc(Br)ccc1NC(=O)CN1CC(C)CC(N)C1. The molecule has 2 unspecified atom stereocenters. The Labute approximate surface area is 128 Å². The molecular weight excluding hydrogens is 318 g/mol. The number of nitrogens with one attached hydrogen (secondary N) is 1. The maximum Gasteiger partial charge on any atom is 0.238 e. The first-order valence-corrected chi connectivity index (χ1v) is 7.77. The van der Waals surface area contributed by atoms with Gasteiger partial charge in [-0.05, 0) is 43.0 Å². The summed E-state index contributed by atoms with van der Waals surface area (Å²) < 4.78 is 1.02. The first-order valence-electron chi connectivity index (χ1n) is 6.98. The van der Waals surface area contributed by atoms with Crippen molar-refractivity contribution in [1.29, 1.82) is 0 Å². The molecule has 4 nitrogen and oxygen atoms in total. The van der Waals surface area contributed by atoms with Crippen molar-refractivity contribution in [3.63, 3.8) is 0 Å². The van der Waals surface area contributed by atoms with E-state index in [0.717, 1.165) is 35.2 Å². The molecule has 0 bridgehead atoms. The fraction of sp³-hybridized carbons (Fsp3) is 0.533. The van der Waals surface area contributed by atoms with Crippen molar-refractivity contribution in [2.45, 2.75) is 26.3 Å². The van der Waals surface area contributed by atoms with Gasteiger partial charge >= 0.3 is 0 Å². The largest absolute Gasteiger partial charge is 0.327 e. The molecule has 3 N–H and O–H groups in total. The third-order valence-corrected chi connectivity index (χ3v) is 4.09. The van der Waals surface area contributed by atoms with Gasteiger partial charge in [0.05, 0.1) is 6.54 Å². The van der Waals surface area contributed by atoms with E-state index < -0.39 is 0 Å². The average molecular weight is 340 g/mol. The number of carbonyl (C=O) groups excluding carboxylic acids is 1. The first-order chi connectivity index (χ1) is 9.44. The molecule has 2 rings (SSSR count). The van der Waals surface area contributed by atoms with Crippen LogP contribution in [0.15, 0.2) is 22.7 Å². The molecule has 0 saturated carbocycles. The van der Waals surface area contributed by atoms with Crippen molar-refractivity contribution in [2.75, 3.05) is 25.0 Å². The van der Waals surface area contributed by atoms with Crippen molar-refractivity contribution < 1.29 is 4.79 Å². The van der Waals surface area contributed by atoms with Crippen LogP contribution in [0.25, 0.3) is 0 Å². The van der Waals surface area contributed by atoms with E-state index in [0.29, 0.717) is 12.5 Å². The number of nitrogens with two attached hydrogens (primary N) is 1. The van der Waals surface area contributed by atoms with Crippen molar-refractivity contribution >= 4 is 27.5 Å². The van der Waals surface area contributed by atoms with Crippen LogP contribution in [-0.4, -0.2) is 36.5 Å². The number of piperidine rings is 1. The second kappa shape index (κ2) is 6.70. The molecule has 1 aromatic rings. The van der Waals surface area contributed by atoms with Gasteiger partial charge in [-0.25, -0.2) is 0 Å². The normalized spacial score (nSPS) is 23.6. The zero-order valence-electron chi connectivity index (χ0n) is 12.0. The molecule has 2 atom stereocenters. The van der Waals surface area contributed by atoms with Gasteiger partial charge in [-0.1, -0.05) is 22.9 Å². The zero-order chi connectivity index (χ0) is 14.7. The van der Waals surface area contributed by atoms with E-state index >= 15 is 0 Å². The van der Waals surface area contributed by atoms with Crippen LogP contribution in [0.5, 0.6) is 0 Å². The third-order valence-electron chi connectivity index (χ3n) is 3.60. The standard InChI is InChI=1S/C15H22BrN3O/c1-10-5-13(17)8-19(7-10)9-15(20)18-14-4-3-12(16)6-11(14)2/h3-4,6,10,13H,5,7-9,17H2,1-2H3,(H,18,20). The van der Waals surface area contributed by atoms with E-state index in [1.54, 1.807) is 0 Å². The molecule has 0 aromatic heterocycles. The molecule has 20 heavy (non-hydrogen) atoms. The number of benzene rings is 1. The topological polar surface area (TPSA) is 58.4 Å². The second-order valence-corrected chi connectivity index (χ2v) is 6.72. The number of anilines is 1. The summed E-state index contributed by atoms with van der Waals surface area (Å²) in [5.41, 5.74) is 7.93. The highest BCUT2D eigenvalue weighted by Gasteiger charge is 2.23. The van der Waals surface area contributed by atoms with Gasteiger partial charge in [-0.15, -0.1) is 0 Å². The van der Waals surface area contributed by atoms with Gasteiger partial charge in [0.15, 0.2) is 0 Å². The monoisotopic (exact) mass is 339 g/mol. The van der Waals surface area contributed by atoms with Crippen LogP contribution in [0.3, 0.4) is 0 Å². The number of likely N-dealkylation sites (tertiary alicyclic amines) is 1. The zero-order valence-corrected chi connectivity index (χ0v) is 13.6. The minimum Gasteiger partial charge on any atom is -0.327 e. The van der Waals surface area contributed by atoms with E-state index in [2.05, 4.69) is 33.1 Å². The first kappa shape index (κ1) is 15.5. The molecular formula is C15H22BrN3O. The number of hydrogen-bond acceptors (Lipinski definition) is 3. The van der Waals surface area contributed by atoms with Crippen LogP contribution in [0.2, 0.25) is 0 Å². The number of carbonyl (C=O) groups is 1. The Bertz CT molecular complexity index is 482. The predicted molar refractivity (Wildman–Crippen MR) is 85.7 cm³/mol. The average Bonchev–Trinajstić information content (AvgIpc) is 2.31. The van der Waals surface area contributed by atoms with Gasteiger partial charge < -0.3 is 11.1 Å².